The van der Waals surface area contributed by atoms with E-state index in [0.717, 1.165) is 4.90 Å². The molecule has 30 heavy (non-hydrogen) atoms. The van der Waals surface area contributed by atoms with E-state index in [4.69, 9.17) is 14.9 Å². The molecule has 1 aromatic rings. The van der Waals surface area contributed by atoms with Crippen molar-refractivity contribution in [2.45, 2.75) is 0 Å². The van der Waals surface area contributed by atoms with Crippen LogP contribution in [0.25, 0.3) is 0 Å². The van der Waals surface area contributed by atoms with Gasteiger partial charge in [0.2, 0.25) is 5.91 Å². The third-order valence-corrected chi connectivity index (χ3v) is 6.65. The van der Waals surface area contributed by atoms with E-state index in [-0.39, 0.29) is 30.6 Å². The maximum Gasteiger partial charge on any atom is 0.323 e. The molecule has 0 unspecified atom stereocenters. The van der Waals surface area contributed by atoms with Gasteiger partial charge in [-0.05, 0) is 67.8 Å². The van der Waals surface area contributed by atoms with Crippen LogP contribution in [0, 0.1) is 10.7 Å². The SMILES string of the molecule is COCC(=O)Nc1c(I)c(C(=O)NCC(=O)O)c(I)c(C(=O)N(C)CC(=O)O)c1I. The number of likely N-dealkylation sites (N-methyl/N-ethyl adjacent to an activating group) is 1. The molecule has 0 atom stereocenters. The van der Waals surface area contributed by atoms with Crippen LogP contribution in [-0.2, 0) is 19.1 Å². The summed E-state index contributed by atoms with van der Waals surface area (Å²) in [5.74, 6) is -4.47. The van der Waals surface area contributed by atoms with Crippen molar-refractivity contribution in [2.75, 3.05) is 39.2 Å². The van der Waals surface area contributed by atoms with Crippen molar-refractivity contribution in [1.82, 2.24) is 10.2 Å². The number of ether oxygens (including phenoxy) is 1. The smallest absolute Gasteiger partial charge is 0.323 e. The van der Waals surface area contributed by atoms with Gasteiger partial charge in [-0.1, -0.05) is 0 Å². The van der Waals surface area contributed by atoms with Crippen LogP contribution in [-0.4, -0.2) is 78.6 Å². The zero-order valence-electron chi connectivity index (χ0n) is 15.5. The molecule has 11 nitrogen and oxygen atoms in total. The van der Waals surface area contributed by atoms with Crippen molar-refractivity contribution in [2.24, 2.45) is 0 Å². The first-order valence-corrected chi connectivity index (χ1v) is 11.1. The molecule has 0 aliphatic rings. The average molecular weight is 759 g/mol. The zero-order valence-corrected chi connectivity index (χ0v) is 22.0. The number of nitrogens with one attached hydrogen (secondary N) is 2. The Morgan fingerprint density at radius 2 is 1.53 bits per heavy atom. The van der Waals surface area contributed by atoms with Crippen LogP contribution < -0.4 is 10.6 Å². The van der Waals surface area contributed by atoms with Crippen LogP contribution in [0.1, 0.15) is 20.7 Å². The summed E-state index contributed by atoms with van der Waals surface area (Å²) in [7, 11) is 2.61. The van der Waals surface area contributed by atoms with Crippen molar-refractivity contribution in [3.8, 4) is 0 Å². The first-order chi connectivity index (χ1) is 13.9. The fourth-order valence-electron chi connectivity index (χ4n) is 2.18. The number of carboxylic acids is 2. The molecule has 164 valence electrons. The highest BCUT2D eigenvalue weighted by Crippen LogP contribution is 2.36. The standard InChI is InChI=1S/C16H16I3N3O8/c1-22(4-8(26)27)16(29)10-11(17)9(15(28)20-3-7(24)25)12(18)14(13(10)19)21-6(23)5-30-2/h3-5H2,1-2H3,(H,20,28)(H,21,23)(H,24,25)(H,26,27). The summed E-state index contributed by atoms with van der Waals surface area (Å²) in [6, 6.07) is 0. The van der Waals surface area contributed by atoms with Gasteiger partial charge in [0, 0.05) is 17.7 Å². The van der Waals surface area contributed by atoms with Gasteiger partial charge in [-0.15, -0.1) is 0 Å². The lowest BCUT2D eigenvalue weighted by Crippen LogP contribution is -2.35. The number of anilines is 1. The van der Waals surface area contributed by atoms with Gasteiger partial charge in [0.1, 0.15) is 19.7 Å². The van der Waals surface area contributed by atoms with E-state index in [9.17, 15) is 24.0 Å². The van der Waals surface area contributed by atoms with E-state index in [0.29, 0.717) is 3.57 Å². The van der Waals surface area contributed by atoms with Crippen LogP contribution in [0.3, 0.4) is 0 Å². The van der Waals surface area contributed by atoms with Crippen LogP contribution in [0.5, 0.6) is 0 Å². The summed E-state index contributed by atoms with van der Waals surface area (Å²) < 4.78 is 5.55. The number of carboxylic acid groups (broad SMARTS) is 2. The number of methoxy groups -OCH3 is 1. The second kappa shape index (κ2) is 11.9. The van der Waals surface area contributed by atoms with E-state index in [2.05, 4.69) is 10.6 Å². The van der Waals surface area contributed by atoms with Gasteiger partial charge in [0.25, 0.3) is 11.8 Å². The lowest BCUT2D eigenvalue weighted by Gasteiger charge is -2.22. The van der Waals surface area contributed by atoms with Crippen molar-refractivity contribution in [3.05, 3.63) is 21.8 Å². The summed E-state index contributed by atoms with van der Waals surface area (Å²) in [5, 5.41) is 22.6. The molecule has 0 spiro atoms. The number of nitrogens with zero attached hydrogens (tertiary/aromatic N) is 1. The molecule has 0 fully saturated rings. The van der Waals surface area contributed by atoms with Crippen LogP contribution in [0.2, 0.25) is 0 Å². The fourth-order valence-corrected chi connectivity index (χ4v) is 6.56. The third-order valence-electron chi connectivity index (χ3n) is 3.42. The quantitative estimate of drug-likeness (QED) is 0.272. The monoisotopic (exact) mass is 759 g/mol. The van der Waals surface area contributed by atoms with Crippen molar-refractivity contribution < 1.29 is 38.9 Å². The minimum Gasteiger partial charge on any atom is -0.480 e. The molecular weight excluding hydrogens is 743 g/mol. The minimum absolute atomic E-state index is 0.00792. The van der Waals surface area contributed by atoms with Gasteiger partial charge < -0.3 is 30.5 Å². The maximum absolute atomic E-state index is 12.9. The molecule has 1 aromatic carbocycles. The number of rotatable bonds is 9. The Labute approximate surface area is 211 Å². The van der Waals surface area contributed by atoms with Crippen LogP contribution >= 0.6 is 67.8 Å². The second-order valence-electron chi connectivity index (χ2n) is 5.68. The summed E-state index contributed by atoms with van der Waals surface area (Å²) >= 11 is 5.40. The molecule has 0 saturated carbocycles. The molecule has 0 aliphatic heterocycles. The Hall–Kier alpha value is -1.28. The number of hydrogen-bond acceptors (Lipinski definition) is 6. The van der Waals surface area contributed by atoms with Crippen LogP contribution in [0.4, 0.5) is 5.69 Å². The van der Waals surface area contributed by atoms with Crippen LogP contribution in [0.15, 0.2) is 0 Å². The molecular formula is C16H16I3N3O8. The lowest BCUT2D eigenvalue weighted by atomic mass is 10.1. The summed E-state index contributed by atoms with van der Waals surface area (Å²) in [6.45, 7) is -1.51. The number of carbonyl (C=O) groups is 5. The number of aliphatic carboxylic acids is 2. The highest BCUT2D eigenvalue weighted by Gasteiger charge is 2.30. The van der Waals surface area contributed by atoms with Gasteiger partial charge in [0.15, 0.2) is 0 Å². The number of benzene rings is 1. The fraction of sp³-hybridized carbons (Fsp3) is 0.312. The Morgan fingerprint density at radius 3 is 2.03 bits per heavy atom. The maximum atomic E-state index is 12.9. The molecule has 0 aromatic heterocycles. The van der Waals surface area contributed by atoms with Crippen molar-refractivity contribution >= 4 is 103 Å². The van der Waals surface area contributed by atoms with Gasteiger partial charge in [-0.2, -0.15) is 0 Å². The Bertz CT molecular complexity index is 906. The topological polar surface area (TPSA) is 162 Å². The molecule has 14 heteroatoms. The van der Waals surface area contributed by atoms with E-state index in [1.807, 2.05) is 45.2 Å². The first-order valence-electron chi connectivity index (χ1n) is 7.88. The Morgan fingerprint density at radius 1 is 0.967 bits per heavy atom. The first kappa shape index (κ1) is 26.8. The molecule has 3 amide bonds. The molecule has 1 rings (SSSR count). The summed E-state index contributed by atoms with van der Waals surface area (Å²) in [6.07, 6.45) is 0. The highest BCUT2D eigenvalue weighted by atomic mass is 127. The third kappa shape index (κ3) is 6.87. The molecule has 0 aliphatic carbocycles. The van der Waals surface area contributed by atoms with Gasteiger partial charge >= 0.3 is 11.9 Å². The highest BCUT2D eigenvalue weighted by molar-refractivity contribution is 14.1. The molecule has 0 saturated heterocycles. The van der Waals surface area contributed by atoms with Gasteiger partial charge in [0.05, 0.1) is 24.0 Å². The molecule has 0 bridgehead atoms. The van der Waals surface area contributed by atoms with Gasteiger partial charge in [-0.3, -0.25) is 24.0 Å². The summed E-state index contributed by atoms with van der Waals surface area (Å²) in [5.41, 5.74) is 0.150. The minimum atomic E-state index is -1.26. The number of amides is 3. The Kier molecular flexibility index (Phi) is 10.6. The predicted octanol–water partition coefficient (Wildman–Crippen LogP) is 1.06. The van der Waals surface area contributed by atoms with Crippen molar-refractivity contribution in [1.29, 1.82) is 0 Å². The molecule has 0 radical (unpaired) electrons. The number of carbonyl (C=O) groups excluding carboxylic acids is 3. The predicted molar refractivity (Wildman–Crippen MR) is 130 cm³/mol. The largest absolute Gasteiger partial charge is 0.480 e. The van der Waals surface area contributed by atoms with E-state index < -0.39 is 42.7 Å². The lowest BCUT2D eigenvalue weighted by molar-refractivity contribution is -0.137. The van der Waals surface area contributed by atoms with E-state index in [1.165, 1.54) is 14.2 Å². The summed E-state index contributed by atoms with van der Waals surface area (Å²) in [4.78, 5) is 60.4. The molecule has 4 N–H and O–H groups in total. The second-order valence-corrected chi connectivity index (χ2v) is 8.92. The van der Waals surface area contributed by atoms with E-state index >= 15 is 0 Å². The number of hydrogen-bond donors (Lipinski definition) is 4. The molecule has 0 heterocycles. The number of halogens is 3. The Balaban J connectivity index is 3.65. The average Bonchev–Trinajstić information content (AvgIpc) is 2.63. The normalized spacial score (nSPS) is 10.3. The van der Waals surface area contributed by atoms with E-state index in [1.54, 1.807) is 22.6 Å². The zero-order chi connectivity index (χ0) is 23.2. The van der Waals surface area contributed by atoms with Crippen molar-refractivity contribution in [3.63, 3.8) is 0 Å². The van der Waals surface area contributed by atoms with Gasteiger partial charge in [-0.25, -0.2) is 0 Å².